The van der Waals surface area contributed by atoms with E-state index in [0.717, 1.165) is 23.4 Å². The molecule has 0 aromatic heterocycles. The average Bonchev–Trinajstić information content (AvgIpc) is 2.51. The highest BCUT2D eigenvalue weighted by Gasteiger charge is 2.29. The van der Waals surface area contributed by atoms with Gasteiger partial charge in [-0.05, 0) is 84.0 Å². The highest BCUT2D eigenvalue weighted by atomic mass is 127. The second kappa shape index (κ2) is 8.73. The van der Waals surface area contributed by atoms with Crippen LogP contribution in [0.2, 0.25) is 5.02 Å². The van der Waals surface area contributed by atoms with Crippen LogP contribution >= 0.6 is 34.2 Å². The van der Waals surface area contributed by atoms with E-state index in [1.54, 1.807) is 0 Å². The zero-order chi connectivity index (χ0) is 15.2. The SMILES string of the molecule is CCCNC(c1cc(Cl)ccc1I)C1CCCC(CC)C1. The Morgan fingerprint density at radius 1 is 1.33 bits per heavy atom. The van der Waals surface area contributed by atoms with E-state index in [9.17, 15) is 0 Å². The highest BCUT2D eigenvalue weighted by Crippen LogP contribution is 2.40. The van der Waals surface area contributed by atoms with Gasteiger partial charge in [-0.3, -0.25) is 0 Å². The molecule has 0 heterocycles. The van der Waals surface area contributed by atoms with Gasteiger partial charge in [0.1, 0.15) is 0 Å². The molecule has 3 atom stereocenters. The standard InChI is InChI=1S/C18H27ClIN/c1-3-10-21-18(14-7-5-6-13(4-2)11-14)16-12-15(19)8-9-17(16)20/h8-9,12-14,18,21H,3-7,10-11H2,1-2H3. The lowest BCUT2D eigenvalue weighted by Crippen LogP contribution is -2.32. The number of rotatable bonds is 6. The van der Waals surface area contributed by atoms with Gasteiger partial charge in [0.05, 0.1) is 0 Å². The molecule has 0 radical (unpaired) electrons. The summed E-state index contributed by atoms with van der Waals surface area (Å²) in [6.45, 7) is 5.66. The van der Waals surface area contributed by atoms with Gasteiger partial charge in [-0.1, -0.05) is 44.7 Å². The molecule has 0 amide bonds. The molecule has 1 aromatic rings. The summed E-state index contributed by atoms with van der Waals surface area (Å²) in [5.74, 6) is 1.66. The van der Waals surface area contributed by atoms with Crippen LogP contribution in [0.3, 0.4) is 0 Å². The lowest BCUT2D eigenvalue weighted by molar-refractivity contribution is 0.209. The van der Waals surface area contributed by atoms with E-state index >= 15 is 0 Å². The number of nitrogens with one attached hydrogen (secondary N) is 1. The van der Waals surface area contributed by atoms with Crippen LogP contribution in [0, 0.1) is 15.4 Å². The Morgan fingerprint density at radius 3 is 2.86 bits per heavy atom. The van der Waals surface area contributed by atoms with E-state index < -0.39 is 0 Å². The number of halogens is 2. The van der Waals surface area contributed by atoms with Gasteiger partial charge in [0.25, 0.3) is 0 Å². The van der Waals surface area contributed by atoms with E-state index in [2.05, 4.69) is 53.9 Å². The molecule has 1 nitrogen and oxygen atoms in total. The number of hydrogen-bond donors (Lipinski definition) is 1. The summed E-state index contributed by atoms with van der Waals surface area (Å²) < 4.78 is 1.34. The molecule has 1 aliphatic rings. The van der Waals surface area contributed by atoms with Crippen molar-refractivity contribution < 1.29 is 0 Å². The molecule has 21 heavy (non-hydrogen) atoms. The summed E-state index contributed by atoms with van der Waals surface area (Å²) in [5.41, 5.74) is 1.40. The summed E-state index contributed by atoms with van der Waals surface area (Å²) >= 11 is 8.71. The van der Waals surface area contributed by atoms with Crippen LogP contribution in [0.15, 0.2) is 18.2 Å². The molecule has 1 N–H and O–H groups in total. The van der Waals surface area contributed by atoms with Crippen LogP contribution in [0.25, 0.3) is 0 Å². The molecular weight excluding hydrogens is 393 g/mol. The van der Waals surface area contributed by atoms with Gasteiger partial charge in [0.2, 0.25) is 0 Å². The molecule has 1 aliphatic carbocycles. The minimum atomic E-state index is 0.463. The van der Waals surface area contributed by atoms with Crippen molar-refractivity contribution in [2.75, 3.05) is 6.54 Å². The Hall–Kier alpha value is 0.200. The Balaban J connectivity index is 2.22. The van der Waals surface area contributed by atoms with E-state index in [4.69, 9.17) is 11.6 Å². The molecule has 0 spiro atoms. The van der Waals surface area contributed by atoms with Gasteiger partial charge in [-0.15, -0.1) is 0 Å². The molecule has 0 bridgehead atoms. The molecule has 3 heteroatoms. The van der Waals surface area contributed by atoms with E-state index in [1.807, 2.05) is 6.07 Å². The summed E-state index contributed by atoms with van der Waals surface area (Å²) in [6.07, 6.45) is 8.01. The molecule has 1 aromatic carbocycles. The normalized spacial score (nSPS) is 24.0. The zero-order valence-corrected chi connectivity index (χ0v) is 16.1. The lowest BCUT2D eigenvalue weighted by atomic mass is 9.75. The summed E-state index contributed by atoms with van der Waals surface area (Å²) in [5, 5.41) is 4.66. The van der Waals surface area contributed by atoms with Crippen LogP contribution in [-0.2, 0) is 0 Å². The van der Waals surface area contributed by atoms with Crippen molar-refractivity contribution in [3.05, 3.63) is 32.4 Å². The minimum absolute atomic E-state index is 0.463. The lowest BCUT2D eigenvalue weighted by Gasteiger charge is -2.35. The van der Waals surface area contributed by atoms with E-state index in [0.29, 0.717) is 6.04 Å². The van der Waals surface area contributed by atoms with Gasteiger partial charge in [-0.2, -0.15) is 0 Å². The predicted octanol–water partition coefficient (Wildman–Crippen LogP) is 6.20. The van der Waals surface area contributed by atoms with Crippen LogP contribution < -0.4 is 5.32 Å². The van der Waals surface area contributed by atoms with Crippen molar-refractivity contribution in [2.45, 2.75) is 58.4 Å². The van der Waals surface area contributed by atoms with Crippen LogP contribution in [0.1, 0.15) is 64.0 Å². The molecule has 2 rings (SSSR count). The van der Waals surface area contributed by atoms with Gasteiger partial charge in [0, 0.05) is 14.6 Å². The Morgan fingerprint density at radius 2 is 2.14 bits per heavy atom. The van der Waals surface area contributed by atoms with Crippen molar-refractivity contribution in [1.29, 1.82) is 0 Å². The largest absolute Gasteiger partial charge is 0.310 e. The van der Waals surface area contributed by atoms with Gasteiger partial charge in [-0.25, -0.2) is 0 Å². The Labute approximate surface area is 148 Å². The minimum Gasteiger partial charge on any atom is -0.310 e. The molecule has 118 valence electrons. The maximum absolute atomic E-state index is 6.26. The molecule has 1 fully saturated rings. The molecule has 0 aliphatic heterocycles. The first-order chi connectivity index (χ1) is 10.2. The molecule has 0 saturated heterocycles. The fraction of sp³-hybridized carbons (Fsp3) is 0.667. The van der Waals surface area contributed by atoms with Crippen molar-refractivity contribution in [3.63, 3.8) is 0 Å². The third-order valence-electron chi connectivity index (χ3n) is 4.78. The predicted molar refractivity (Wildman–Crippen MR) is 101 cm³/mol. The maximum Gasteiger partial charge on any atom is 0.0410 e. The molecule has 3 unspecified atom stereocenters. The summed E-state index contributed by atoms with van der Waals surface area (Å²) in [7, 11) is 0. The Kier molecular flexibility index (Phi) is 7.30. The van der Waals surface area contributed by atoms with Crippen LogP contribution in [-0.4, -0.2) is 6.54 Å². The van der Waals surface area contributed by atoms with Gasteiger partial charge >= 0.3 is 0 Å². The summed E-state index contributed by atoms with van der Waals surface area (Å²) in [4.78, 5) is 0. The van der Waals surface area contributed by atoms with Crippen molar-refractivity contribution in [1.82, 2.24) is 5.32 Å². The monoisotopic (exact) mass is 419 g/mol. The highest BCUT2D eigenvalue weighted by molar-refractivity contribution is 14.1. The molecule has 1 saturated carbocycles. The van der Waals surface area contributed by atoms with E-state index in [1.165, 1.54) is 47.7 Å². The van der Waals surface area contributed by atoms with Gasteiger partial charge in [0.15, 0.2) is 0 Å². The smallest absolute Gasteiger partial charge is 0.0410 e. The van der Waals surface area contributed by atoms with Crippen LogP contribution in [0.4, 0.5) is 0 Å². The maximum atomic E-state index is 6.26. The van der Waals surface area contributed by atoms with Crippen LogP contribution in [0.5, 0.6) is 0 Å². The quantitative estimate of drug-likeness (QED) is 0.541. The van der Waals surface area contributed by atoms with Crippen molar-refractivity contribution in [3.8, 4) is 0 Å². The van der Waals surface area contributed by atoms with Crippen molar-refractivity contribution >= 4 is 34.2 Å². The fourth-order valence-electron chi connectivity index (χ4n) is 3.59. The number of hydrogen-bond acceptors (Lipinski definition) is 1. The first-order valence-electron chi connectivity index (χ1n) is 8.34. The van der Waals surface area contributed by atoms with Crippen molar-refractivity contribution in [2.24, 2.45) is 11.8 Å². The third kappa shape index (κ3) is 4.84. The third-order valence-corrected chi connectivity index (χ3v) is 6.00. The zero-order valence-electron chi connectivity index (χ0n) is 13.2. The second-order valence-electron chi connectivity index (χ2n) is 6.30. The van der Waals surface area contributed by atoms with Gasteiger partial charge < -0.3 is 5.32 Å². The first-order valence-corrected chi connectivity index (χ1v) is 9.79. The molecular formula is C18H27ClIN. The fourth-order valence-corrected chi connectivity index (χ4v) is 4.44. The van der Waals surface area contributed by atoms with E-state index in [-0.39, 0.29) is 0 Å². The average molecular weight is 420 g/mol. The first kappa shape index (κ1) is 17.6. The topological polar surface area (TPSA) is 12.0 Å². The Bertz CT molecular complexity index is 449. The second-order valence-corrected chi connectivity index (χ2v) is 7.90. The summed E-state index contributed by atoms with van der Waals surface area (Å²) in [6, 6.07) is 6.79. The number of benzene rings is 1.